The van der Waals surface area contributed by atoms with Gasteiger partial charge < -0.3 is 19.7 Å². The van der Waals surface area contributed by atoms with Gasteiger partial charge in [0, 0.05) is 18.8 Å². The number of nitrogens with one attached hydrogen (secondary N) is 2. The van der Waals surface area contributed by atoms with E-state index < -0.39 is 23.5 Å². The Balaban J connectivity index is 2.14. The summed E-state index contributed by atoms with van der Waals surface area (Å²) in [6.45, 7) is 15.4. The minimum atomic E-state index is -0.779. The predicted molar refractivity (Wildman–Crippen MR) is 140 cm³/mol. The van der Waals surface area contributed by atoms with Crippen LogP contribution in [0.15, 0.2) is 41.4 Å². The van der Waals surface area contributed by atoms with E-state index >= 15 is 0 Å². The average molecular weight is 500 g/mol. The largest absolute Gasteiger partial charge is 0.481 e. The number of nitrogens with zero attached hydrogens (tertiary/aromatic N) is 3. The molecule has 2 heterocycles. The van der Waals surface area contributed by atoms with Gasteiger partial charge in [-0.25, -0.2) is 14.8 Å². The number of likely N-dealkylation sites (tertiary alicyclic amines) is 1. The topological polar surface area (TPSA) is 122 Å². The molecule has 1 aromatic rings. The first-order valence-corrected chi connectivity index (χ1v) is 11.9. The number of aryl methyl sites for hydroxylation is 1. The van der Waals surface area contributed by atoms with E-state index in [1.54, 1.807) is 57.9 Å². The number of pyridine rings is 1. The predicted octanol–water partition coefficient (Wildman–Crippen LogP) is 4.44. The minimum Gasteiger partial charge on any atom is -0.481 e. The summed E-state index contributed by atoms with van der Waals surface area (Å²) >= 11 is 0. The van der Waals surface area contributed by atoms with Crippen LogP contribution in [-0.4, -0.2) is 59.3 Å². The molecule has 0 unspecified atom stereocenters. The van der Waals surface area contributed by atoms with Crippen LogP contribution in [0.1, 0.15) is 53.0 Å². The number of carbonyl (C=O) groups is 3. The minimum absolute atomic E-state index is 0.243. The van der Waals surface area contributed by atoms with Gasteiger partial charge in [0.1, 0.15) is 11.4 Å². The summed E-state index contributed by atoms with van der Waals surface area (Å²) in [6, 6.07) is 1.27. The number of anilines is 2. The van der Waals surface area contributed by atoms with Crippen molar-refractivity contribution in [2.45, 2.75) is 66.0 Å². The highest BCUT2D eigenvalue weighted by atomic mass is 16.6. The van der Waals surface area contributed by atoms with Crippen molar-refractivity contribution < 1.29 is 23.9 Å². The standard InChI is InChI=1S/C26H37N5O5/c1-9-27-21(35-8)13-17(3)20-11-10-16(2)15-31(20)24(33)23(32)29-19-12-18(4)22(28-14-19)30-25(34)36-26(5,6)7/h9,12-14,16,20H,3,10-11,15H2,1-2,4-8H3,(H,29,32)(H,28,30,34)/b21-13+,27-9-/t16-,20+/m1/s1. The van der Waals surface area contributed by atoms with Gasteiger partial charge in [-0.1, -0.05) is 13.5 Å². The molecule has 1 saturated heterocycles. The van der Waals surface area contributed by atoms with Gasteiger partial charge in [0.2, 0.25) is 5.88 Å². The highest BCUT2D eigenvalue weighted by Crippen LogP contribution is 2.28. The molecule has 1 aliphatic heterocycles. The number of ether oxygens (including phenoxy) is 2. The molecule has 1 aromatic heterocycles. The van der Waals surface area contributed by atoms with E-state index in [1.807, 2.05) is 6.92 Å². The first-order valence-electron chi connectivity index (χ1n) is 11.9. The van der Waals surface area contributed by atoms with Crippen molar-refractivity contribution in [3.8, 4) is 0 Å². The smallest absolute Gasteiger partial charge is 0.413 e. The van der Waals surface area contributed by atoms with Crippen LogP contribution in [-0.2, 0) is 19.1 Å². The molecule has 0 radical (unpaired) electrons. The Kier molecular flexibility index (Phi) is 9.77. The number of methoxy groups -OCH3 is 1. The van der Waals surface area contributed by atoms with E-state index in [-0.39, 0.29) is 12.0 Å². The molecule has 3 amide bonds. The van der Waals surface area contributed by atoms with Crippen LogP contribution >= 0.6 is 0 Å². The quantitative estimate of drug-likeness (QED) is 0.258. The van der Waals surface area contributed by atoms with Crippen LogP contribution in [0.3, 0.4) is 0 Å². The molecule has 2 rings (SSSR count). The van der Waals surface area contributed by atoms with Gasteiger partial charge in [-0.05, 0) is 70.6 Å². The number of piperidine rings is 1. The summed E-state index contributed by atoms with van der Waals surface area (Å²) < 4.78 is 10.5. The Labute approximate surface area is 212 Å². The van der Waals surface area contributed by atoms with Crippen molar-refractivity contribution in [1.82, 2.24) is 9.88 Å². The zero-order valence-corrected chi connectivity index (χ0v) is 22.2. The first-order chi connectivity index (χ1) is 16.8. The van der Waals surface area contributed by atoms with Crippen LogP contribution in [0.2, 0.25) is 0 Å². The monoisotopic (exact) mass is 499 g/mol. The molecule has 0 saturated carbocycles. The molecule has 10 nitrogen and oxygen atoms in total. The van der Waals surface area contributed by atoms with Gasteiger partial charge in [0.15, 0.2) is 0 Å². The van der Waals surface area contributed by atoms with Crippen LogP contribution in [0.5, 0.6) is 0 Å². The molecule has 2 atom stereocenters. The zero-order valence-electron chi connectivity index (χ0n) is 22.2. The Morgan fingerprint density at radius 2 is 1.94 bits per heavy atom. The molecule has 0 spiro atoms. The fraction of sp³-hybridized carbons (Fsp3) is 0.500. The third-order valence-corrected chi connectivity index (χ3v) is 5.43. The summed E-state index contributed by atoms with van der Waals surface area (Å²) in [4.78, 5) is 47.9. The number of aliphatic imine (C=N–C) groups is 1. The Morgan fingerprint density at radius 3 is 2.53 bits per heavy atom. The maximum atomic E-state index is 13.2. The van der Waals surface area contributed by atoms with Crippen LogP contribution in [0.4, 0.5) is 16.3 Å². The van der Waals surface area contributed by atoms with E-state index in [0.717, 1.165) is 6.42 Å². The molecule has 36 heavy (non-hydrogen) atoms. The van der Waals surface area contributed by atoms with Crippen LogP contribution in [0.25, 0.3) is 0 Å². The van der Waals surface area contributed by atoms with Crippen molar-refractivity contribution in [2.24, 2.45) is 10.9 Å². The Morgan fingerprint density at radius 1 is 1.25 bits per heavy atom. The summed E-state index contributed by atoms with van der Waals surface area (Å²) in [5.41, 5.74) is 0.920. The van der Waals surface area contributed by atoms with Crippen molar-refractivity contribution in [3.05, 3.63) is 41.9 Å². The second kappa shape index (κ2) is 12.3. The molecule has 1 fully saturated rings. The molecular formula is C26H37N5O5. The number of aromatic nitrogens is 1. The van der Waals surface area contributed by atoms with Crippen LogP contribution < -0.4 is 10.6 Å². The van der Waals surface area contributed by atoms with Gasteiger partial charge >= 0.3 is 17.9 Å². The third kappa shape index (κ3) is 8.21. The summed E-state index contributed by atoms with van der Waals surface area (Å²) in [6.07, 6.45) is 5.60. The van der Waals surface area contributed by atoms with E-state index in [2.05, 4.69) is 27.2 Å². The maximum Gasteiger partial charge on any atom is 0.413 e. The van der Waals surface area contributed by atoms with Gasteiger partial charge in [-0.3, -0.25) is 14.9 Å². The summed E-state index contributed by atoms with van der Waals surface area (Å²) in [5, 5.41) is 5.19. The van der Waals surface area contributed by atoms with Crippen molar-refractivity contribution >= 4 is 35.6 Å². The summed E-state index contributed by atoms with van der Waals surface area (Å²) in [7, 11) is 1.51. The van der Waals surface area contributed by atoms with Crippen LogP contribution in [0, 0.1) is 12.8 Å². The number of rotatable bonds is 6. The van der Waals surface area contributed by atoms with Gasteiger partial charge in [0.25, 0.3) is 0 Å². The third-order valence-electron chi connectivity index (χ3n) is 5.43. The molecule has 1 aliphatic rings. The van der Waals surface area contributed by atoms with E-state index in [9.17, 15) is 14.4 Å². The zero-order chi connectivity index (χ0) is 27.0. The fourth-order valence-corrected chi connectivity index (χ4v) is 3.78. The number of hydrogen-bond donors (Lipinski definition) is 2. The SMILES string of the molecule is C=C(/C=C(\N=C/C)OC)[C@@H]1CC[C@@H](C)CN1C(=O)C(=O)Nc1cnc(NC(=O)OC(C)(C)C)c(C)c1. The number of amides is 3. The average Bonchev–Trinajstić information content (AvgIpc) is 2.78. The number of carbonyl (C=O) groups excluding carboxylic acids is 3. The normalized spacial score (nSPS) is 18.5. The van der Waals surface area contributed by atoms with E-state index in [1.165, 1.54) is 13.3 Å². The number of hydrogen-bond acceptors (Lipinski definition) is 7. The molecule has 2 N–H and O–H groups in total. The maximum absolute atomic E-state index is 13.2. The van der Waals surface area contributed by atoms with Crippen molar-refractivity contribution in [3.63, 3.8) is 0 Å². The second-order valence-electron chi connectivity index (χ2n) is 9.78. The highest BCUT2D eigenvalue weighted by molar-refractivity contribution is 6.39. The molecule has 0 aliphatic carbocycles. The lowest BCUT2D eigenvalue weighted by atomic mass is 9.90. The van der Waals surface area contributed by atoms with Crippen molar-refractivity contribution in [2.75, 3.05) is 24.3 Å². The Hall–Kier alpha value is -3.69. The van der Waals surface area contributed by atoms with Gasteiger partial charge in [-0.15, -0.1) is 0 Å². The molecule has 0 bridgehead atoms. The lowest BCUT2D eigenvalue weighted by molar-refractivity contribution is -0.145. The summed E-state index contributed by atoms with van der Waals surface area (Å²) in [5.74, 6) is -0.525. The van der Waals surface area contributed by atoms with Gasteiger partial charge in [-0.2, -0.15) is 0 Å². The van der Waals surface area contributed by atoms with Gasteiger partial charge in [0.05, 0.1) is 25.0 Å². The molecule has 10 heteroatoms. The van der Waals surface area contributed by atoms with Crippen molar-refractivity contribution in [1.29, 1.82) is 0 Å². The van der Waals surface area contributed by atoms with E-state index in [4.69, 9.17) is 9.47 Å². The molecule has 196 valence electrons. The first kappa shape index (κ1) is 28.5. The molecular weight excluding hydrogens is 462 g/mol. The molecule has 0 aromatic carbocycles. The highest BCUT2D eigenvalue weighted by Gasteiger charge is 2.34. The second-order valence-corrected chi connectivity index (χ2v) is 9.78. The van der Waals surface area contributed by atoms with E-state index in [0.29, 0.717) is 41.5 Å². The Bertz CT molecular complexity index is 1060. The lowest BCUT2D eigenvalue weighted by Crippen LogP contribution is -2.50. The fourth-order valence-electron chi connectivity index (χ4n) is 3.78. The lowest BCUT2D eigenvalue weighted by Gasteiger charge is -2.38.